The van der Waals surface area contributed by atoms with E-state index in [0.29, 0.717) is 13.1 Å². The maximum atomic E-state index is 11.9. The van der Waals surface area contributed by atoms with Crippen molar-refractivity contribution in [3.63, 3.8) is 0 Å². The maximum Gasteiger partial charge on any atom is 0.315 e. The van der Waals surface area contributed by atoms with Gasteiger partial charge >= 0.3 is 6.03 Å². The molecule has 6 nitrogen and oxygen atoms in total. The minimum Gasteiger partial charge on any atom is -0.459 e. The van der Waals surface area contributed by atoms with Crippen LogP contribution in [0.4, 0.5) is 4.79 Å². The molecule has 0 bridgehead atoms. The minimum atomic E-state index is -0.300. The Morgan fingerprint density at radius 1 is 1.09 bits per heavy atom. The third-order valence-corrected chi connectivity index (χ3v) is 3.44. The van der Waals surface area contributed by atoms with Crippen molar-refractivity contribution in [2.75, 3.05) is 13.1 Å². The molecule has 3 amide bonds. The van der Waals surface area contributed by atoms with Gasteiger partial charge in [-0.15, -0.1) is 0 Å². The number of urea groups is 1. The average molecular weight is 315 g/mol. The Morgan fingerprint density at radius 3 is 2.52 bits per heavy atom. The van der Waals surface area contributed by atoms with E-state index in [1.54, 1.807) is 12.1 Å². The Morgan fingerprint density at radius 2 is 1.83 bits per heavy atom. The molecule has 1 aromatic carbocycles. The fourth-order valence-corrected chi connectivity index (χ4v) is 2.24. The fraction of sp³-hybridized carbons (Fsp3) is 0.294. The molecule has 0 fully saturated rings. The number of benzene rings is 1. The lowest BCUT2D eigenvalue weighted by Gasteiger charge is -2.17. The van der Waals surface area contributed by atoms with Crippen molar-refractivity contribution in [1.82, 2.24) is 16.0 Å². The zero-order valence-electron chi connectivity index (χ0n) is 13.3. The van der Waals surface area contributed by atoms with Gasteiger partial charge < -0.3 is 20.4 Å². The van der Waals surface area contributed by atoms with Gasteiger partial charge in [0.25, 0.3) is 5.91 Å². The summed E-state index contributed by atoms with van der Waals surface area (Å²) in [4.78, 5) is 23.5. The third-order valence-electron chi connectivity index (χ3n) is 3.44. The molecule has 0 spiro atoms. The molecule has 0 aliphatic carbocycles. The molecule has 23 heavy (non-hydrogen) atoms. The Hall–Kier alpha value is -2.76. The van der Waals surface area contributed by atoms with E-state index in [1.165, 1.54) is 6.26 Å². The number of hydrogen-bond acceptors (Lipinski definition) is 3. The molecule has 0 radical (unpaired) electrons. The van der Waals surface area contributed by atoms with Crippen molar-refractivity contribution >= 4 is 11.9 Å². The summed E-state index contributed by atoms with van der Waals surface area (Å²) >= 11 is 0. The molecule has 122 valence electrons. The predicted molar refractivity (Wildman–Crippen MR) is 87.2 cm³/mol. The molecule has 6 heteroatoms. The largest absolute Gasteiger partial charge is 0.459 e. The fourth-order valence-electron chi connectivity index (χ4n) is 2.24. The van der Waals surface area contributed by atoms with Crippen molar-refractivity contribution in [2.45, 2.75) is 19.9 Å². The number of amides is 3. The molecule has 0 aliphatic rings. The first-order valence-corrected chi connectivity index (χ1v) is 7.49. The molecule has 1 aromatic heterocycles. The molecule has 2 aromatic rings. The zero-order valence-corrected chi connectivity index (χ0v) is 13.3. The van der Waals surface area contributed by atoms with Crippen LogP contribution in [0.25, 0.3) is 0 Å². The molecule has 0 saturated heterocycles. The molecule has 1 atom stereocenters. The van der Waals surface area contributed by atoms with Crippen molar-refractivity contribution in [3.05, 3.63) is 59.5 Å². The van der Waals surface area contributed by atoms with Crippen LogP contribution in [0.2, 0.25) is 0 Å². The summed E-state index contributed by atoms with van der Waals surface area (Å²) in [5, 5.41) is 8.24. The summed E-state index contributed by atoms with van der Waals surface area (Å²) in [6.07, 6.45) is 1.44. The molecule has 0 saturated carbocycles. The van der Waals surface area contributed by atoms with Gasteiger partial charge in [-0.1, -0.05) is 24.3 Å². The van der Waals surface area contributed by atoms with Gasteiger partial charge in [-0.25, -0.2) is 4.79 Å². The second-order valence-electron chi connectivity index (χ2n) is 5.21. The number of rotatable bonds is 6. The first-order chi connectivity index (χ1) is 11.1. The highest BCUT2D eigenvalue weighted by atomic mass is 16.3. The highest BCUT2D eigenvalue weighted by Gasteiger charge is 2.11. The summed E-state index contributed by atoms with van der Waals surface area (Å²) in [6.45, 7) is 4.60. The number of aryl methyl sites for hydroxylation is 1. The van der Waals surface area contributed by atoms with Crippen LogP contribution >= 0.6 is 0 Å². The normalized spacial score (nSPS) is 11.6. The van der Waals surface area contributed by atoms with Gasteiger partial charge in [-0.05, 0) is 37.1 Å². The van der Waals surface area contributed by atoms with Gasteiger partial charge in [0.15, 0.2) is 5.76 Å². The number of hydrogen-bond donors (Lipinski definition) is 3. The van der Waals surface area contributed by atoms with Gasteiger partial charge in [0.05, 0.1) is 12.3 Å². The van der Waals surface area contributed by atoms with Crippen LogP contribution in [0.15, 0.2) is 47.1 Å². The van der Waals surface area contributed by atoms with E-state index in [0.717, 1.165) is 11.1 Å². The Bertz CT molecular complexity index is 653. The Kier molecular flexibility index (Phi) is 5.80. The van der Waals surface area contributed by atoms with E-state index >= 15 is 0 Å². The topological polar surface area (TPSA) is 83.4 Å². The number of furan rings is 1. The smallest absolute Gasteiger partial charge is 0.315 e. The SMILES string of the molecule is Cc1ccccc1C(C)NC(=O)NCCNC(=O)c1ccco1. The van der Waals surface area contributed by atoms with Crippen LogP contribution in [0.5, 0.6) is 0 Å². The van der Waals surface area contributed by atoms with Crippen LogP contribution in [0.1, 0.15) is 34.6 Å². The monoisotopic (exact) mass is 315 g/mol. The van der Waals surface area contributed by atoms with Crippen LogP contribution in [-0.2, 0) is 0 Å². The molecule has 0 aliphatic heterocycles. The minimum absolute atomic E-state index is 0.0890. The lowest BCUT2D eigenvalue weighted by Crippen LogP contribution is -2.41. The highest BCUT2D eigenvalue weighted by Crippen LogP contribution is 2.16. The molecular formula is C17H21N3O3. The van der Waals surface area contributed by atoms with E-state index in [2.05, 4.69) is 16.0 Å². The van der Waals surface area contributed by atoms with Crippen LogP contribution in [0, 0.1) is 6.92 Å². The van der Waals surface area contributed by atoms with E-state index in [1.807, 2.05) is 38.1 Å². The van der Waals surface area contributed by atoms with Crippen molar-refractivity contribution < 1.29 is 14.0 Å². The Balaban J connectivity index is 1.69. The van der Waals surface area contributed by atoms with Gasteiger partial charge in [-0.3, -0.25) is 4.79 Å². The average Bonchev–Trinajstić information content (AvgIpc) is 3.06. The van der Waals surface area contributed by atoms with E-state index in [4.69, 9.17) is 4.42 Å². The summed E-state index contributed by atoms with van der Waals surface area (Å²) in [7, 11) is 0. The van der Waals surface area contributed by atoms with Gasteiger partial charge in [0.1, 0.15) is 0 Å². The molecule has 3 N–H and O–H groups in total. The third kappa shape index (κ3) is 4.88. The molecule has 1 unspecified atom stereocenters. The Labute approximate surface area is 135 Å². The van der Waals surface area contributed by atoms with Gasteiger partial charge in [0, 0.05) is 13.1 Å². The summed E-state index contributed by atoms with van der Waals surface area (Å²) in [6, 6.07) is 10.8. The lowest BCUT2D eigenvalue weighted by molar-refractivity contribution is 0.0926. The first kappa shape index (κ1) is 16.6. The van der Waals surface area contributed by atoms with E-state index in [9.17, 15) is 9.59 Å². The second-order valence-corrected chi connectivity index (χ2v) is 5.21. The predicted octanol–water partition coefficient (Wildman–Crippen LogP) is 2.38. The number of nitrogens with one attached hydrogen (secondary N) is 3. The molecule has 2 rings (SSSR count). The second kappa shape index (κ2) is 8.03. The van der Waals surface area contributed by atoms with Crippen LogP contribution < -0.4 is 16.0 Å². The van der Waals surface area contributed by atoms with E-state index in [-0.39, 0.29) is 23.7 Å². The number of carbonyl (C=O) groups excluding carboxylic acids is 2. The molecule has 1 heterocycles. The van der Waals surface area contributed by atoms with Gasteiger partial charge in [-0.2, -0.15) is 0 Å². The van der Waals surface area contributed by atoms with Crippen molar-refractivity contribution in [3.8, 4) is 0 Å². The van der Waals surface area contributed by atoms with E-state index < -0.39 is 0 Å². The molecular weight excluding hydrogens is 294 g/mol. The van der Waals surface area contributed by atoms with Crippen molar-refractivity contribution in [2.24, 2.45) is 0 Å². The van der Waals surface area contributed by atoms with Gasteiger partial charge in [0.2, 0.25) is 0 Å². The summed E-state index contributed by atoms with van der Waals surface area (Å²) < 4.78 is 4.97. The quantitative estimate of drug-likeness (QED) is 0.716. The number of carbonyl (C=O) groups is 2. The summed E-state index contributed by atoms with van der Waals surface area (Å²) in [5.74, 6) is -0.0480. The standard InChI is InChI=1S/C17H21N3O3/c1-12-6-3-4-7-14(12)13(2)20-17(22)19-10-9-18-16(21)15-8-5-11-23-15/h3-8,11,13H,9-10H2,1-2H3,(H,18,21)(H2,19,20,22). The maximum absolute atomic E-state index is 11.9. The summed E-state index contributed by atoms with van der Waals surface area (Å²) in [5.41, 5.74) is 2.21. The zero-order chi connectivity index (χ0) is 16.7. The van der Waals surface area contributed by atoms with Crippen LogP contribution in [-0.4, -0.2) is 25.0 Å². The highest BCUT2D eigenvalue weighted by molar-refractivity contribution is 5.91. The lowest BCUT2D eigenvalue weighted by atomic mass is 10.0. The van der Waals surface area contributed by atoms with Crippen molar-refractivity contribution in [1.29, 1.82) is 0 Å². The first-order valence-electron chi connectivity index (χ1n) is 7.49. The van der Waals surface area contributed by atoms with Crippen LogP contribution in [0.3, 0.4) is 0 Å².